The van der Waals surface area contributed by atoms with E-state index in [1.165, 1.54) is 24.3 Å². The summed E-state index contributed by atoms with van der Waals surface area (Å²) in [7, 11) is -2.96. The third-order valence-corrected chi connectivity index (χ3v) is 7.37. The van der Waals surface area contributed by atoms with Crippen LogP contribution in [0.15, 0.2) is 40.8 Å². The largest absolute Gasteiger partial charge is 0.451 e. The van der Waals surface area contributed by atoms with Gasteiger partial charge in [-0.15, -0.1) is 0 Å². The van der Waals surface area contributed by atoms with E-state index in [4.69, 9.17) is 4.42 Å². The van der Waals surface area contributed by atoms with Crippen molar-refractivity contribution in [3.8, 4) is 11.3 Å². The molecule has 2 aliphatic rings. The predicted octanol–water partition coefficient (Wildman–Crippen LogP) is 2.91. The zero-order valence-electron chi connectivity index (χ0n) is 16.1. The predicted molar refractivity (Wildman–Crippen MR) is 104 cm³/mol. The minimum atomic E-state index is -4.46. The van der Waals surface area contributed by atoms with Crippen molar-refractivity contribution in [1.29, 1.82) is 0 Å². The second kappa shape index (κ2) is 7.73. The molecule has 2 aromatic rings. The number of furan rings is 1. The van der Waals surface area contributed by atoms with Crippen molar-refractivity contribution in [3.05, 3.63) is 47.7 Å². The standard InChI is InChI=1S/C20H21F3N2O4S/c21-20(22,23)15-3-1-2-14(12-15)17-4-5-18(29-17)19(26)25-9-7-24(8-10-25)16-6-11-30(27,28)13-16/h1-5,12,16H,6-11,13H2. The quantitative estimate of drug-likeness (QED) is 0.731. The lowest BCUT2D eigenvalue weighted by Crippen LogP contribution is -2.52. The summed E-state index contributed by atoms with van der Waals surface area (Å²) in [5, 5.41) is 0. The van der Waals surface area contributed by atoms with E-state index >= 15 is 0 Å². The molecule has 0 N–H and O–H groups in total. The minimum Gasteiger partial charge on any atom is -0.451 e. The maximum Gasteiger partial charge on any atom is 0.416 e. The Balaban J connectivity index is 1.41. The van der Waals surface area contributed by atoms with Gasteiger partial charge in [0.1, 0.15) is 5.76 Å². The summed E-state index contributed by atoms with van der Waals surface area (Å²) in [5.41, 5.74) is -0.537. The average molecular weight is 442 g/mol. The molecule has 1 aromatic carbocycles. The number of piperazine rings is 1. The Hall–Kier alpha value is -2.33. The zero-order chi connectivity index (χ0) is 21.5. The molecule has 1 aromatic heterocycles. The fraction of sp³-hybridized carbons (Fsp3) is 0.450. The molecular weight excluding hydrogens is 421 g/mol. The van der Waals surface area contributed by atoms with Crippen molar-refractivity contribution in [1.82, 2.24) is 9.80 Å². The van der Waals surface area contributed by atoms with Crippen LogP contribution in [0.4, 0.5) is 13.2 Å². The molecule has 6 nitrogen and oxygen atoms in total. The van der Waals surface area contributed by atoms with Crippen LogP contribution in [0.1, 0.15) is 22.5 Å². The molecule has 1 atom stereocenters. The van der Waals surface area contributed by atoms with Gasteiger partial charge in [-0.2, -0.15) is 13.2 Å². The van der Waals surface area contributed by atoms with E-state index in [2.05, 4.69) is 4.90 Å². The number of hydrogen-bond acceptors (Lipinski definition) is 5. The highest BCUT2D eigenvalue weighted by molar-refractivity contribution is 7.91. The van der Waals surface area contributed by atoms with Gasteiger partial charge in [-0.1, -0.05) is 12.1 Å². The Kier molecular flexibility index (Phi) is 5.39. The van der Waals surface area contributed by atoms with Crippen molar-refractivity contribution in [2.45, 2.75) is 18.6 Å². The van der Waals surface area contributed by atoms with Crippen LogP contribution in [0.5, 0.6) is 0 Å². The smallest absolute Gasteiger partial charge is 0.416 e. The molecular formula is C20H21F3N2O4S. The number of nitrogens with zero attached hydrogens (tertiary/aromatic N) is 2. The average Bonchev–Trinajstić information content (AvgIpc) is 3.34. The summed E-state index contributed by atoms with van der Waals surface area (Å²) in [6, 6.07) is 7.72. The Morgan fingerprint density at radius 2 is 1.80 bits per heavy atom. The van der Waals surface area contributed by atoms with Crippen LogP contribution in [0.25, 0.3) is 11.3 Å². The first kappa shape index (κ1) is 20.9. The lowest BCUT2D eigenvalue weighted by Gasteiger charge is -2.37. The molecule has 30 heavy (non-hydrogen) atoms. The third kappa shape index (κ3) is 4.39. The molecule has 0 radical (unpaired) electrons. The zero-order valence-corrected chi connectivity index (χ0v) is 16.9. The summed E-state index contributed by atoms with van der Waals surface area (Å²) < 4.78 is 67.6. The van der Waals surface area contributed by atoms with Gasteiger partial charge < -0.3 is 9.32 Å². The molecule has 3 heterocycles. The molecule has 0 spiro atoms. The molecule has 0 bridgehead atoms. The normalized spacial score (nSPS) is 22.4. The Morgan fingerprint density at radius 1 is 1.07 bits per heavy atom. The molecule has 2 fully saturated rings. The van der Waals surface area contributed by atoms with E-state index in [-0.39, 0.29) is 40.5 Å². The fourth-order valence-electron chi connectivity index (χ4n) is 3.97. The van der Waals surface area contributed by atoms with Gasteiger partial charge in [-0.25, -0.2) is 8.42 Å². The van der Waals surface area contributed by atoms with E-state index in [0.29, 0.717) is 32.6 Å². The molecule has 162 valence electrons. The van der Waals surface area contributed by atoms with Crippen LogP contribution in [0.3, 0.4) is 0 Å². The topological polar surface area (TPSA) is 70.8 Å². The summed E-state index contributed by atoms with van der Waals surface area (Å²) in [6.45, 7) is 2.03. The number of sulfone groups is 1. The molecule has 1 amide bonds. The lowest BCUT2D eigenvalue weighted by molar-refractivity contribution is -0.137. The van der Waals surface area contributed by atoms with Gasteiger partial charge in [0.05, 0.1) is 17.1 Å². The number of halogens is 3. The highest BCUT2D eigenvalue weighted by atomic mass is 32.2. The Morgan fingerprint density at radius 3 is 2.43 bits per heavy atom. The molecule has 1 unspecified atom stereocenters. The molecule has 0 saturated carbocycles. The van der Waals surface area contributed by atoms with Gasteiger partial charge in [0.25, 0.3) is 5.91 Å². The maximum absolute atomic E-state index is 12.9. The number of amides is 1. The van der Waals surface area contributed by atoms with Crippen LogP contribution in [-0.2, 0) is 16.0 Å². The third-order valence-electron chi connectivity index (χ3n) is 5.62. The van der Waals surface area contributed by atoms with Crippen molar-refractivity contribution < 1.29 is 30.8 Å². The van der Waals surface area contributed by atoms with E-state index in [9.17, 15) is 26.4 Å². The number of alkyl halides is 3. The van der Waals surface area contributed by atoms with Crippen LogP contribution >= 0.6 is 0 Å². The van der Waals surface area contributed by atoms with Crippen molar-refractivity contribution in [3.63, 3.8) is 0 Å². The number of hydrogen-bond donors (Lipinski definition) is 0. The highest BCUT2D eigenvalue weighted by Crippen LogP contribution is 2.33. The summed E-state index contributed by atoms with van der Waals surface area (Å²) in [4.78, 5) is 16.5. The number of rotatable bonds is 3. The number of benzene rings is 1. The van der Waals surface area contributed by atoms with Crippen LogP contribution in [0, 0.1) is 0 Å². The summed E-state index contributed by atoms with van der Waals surface area (Å²) in [5.74, 6) is 0.312. The van der Waals surface area contributed by atoms with Gasteiger partial charge in [0.15, 0.2) is 15.6 Å². The van der Waals surface area contributed by atoms with E-state index in [1.54, 1.807) is 4.90 Å². The molecule has 0 aliphatic carbocycles. The van der Waals surface area contributed by atoms with Gasteiger partial charge in [-0.3, -0.25) is 9.69 Å². The minimum absolute atomic E-state index is 0.00313. The second-order valence-corrected chi connectivity index (χ2v) is 9.86. The van der Waals surface area contributed by atoms with Gasteiger partial charge >= 0.3 is 6.18 Å². The van der Waals surface area contributed by atoms with Gasteiger partial charge in [0.2, 0.25) is 0 Å². The van der Waals surface area contributed by atoms with E-state index in [1.807, 2.05) is 0 Å². The fourth-order valence-corrected chi connectivity index (χ4v) is 5.73. The first-order valence-corrected chi connectivity index (χ1v) is 11.5. The lowest BCUT2D eigenvalue weighted by atomic mass is 10.1. The number of carbonyl (C=O) groups is 1. The van der Waals surface area contributed by atoms with Crippen LogP contribution < -0.4 is 0 Å². The first-order chi connectivity index (χ1) is 14.1. The molecule has 2 saturated heterocycles. The van der Waals surface area contributed by atoms with E-state index < -0.39 is 21.6 Å². The Labute approximate surface area is 172 Å². The van der Waals surface area contributed by atoms with Crippen molar-refractivity contribution in [2.75, 3.05) is 37.7 Å². The van der Waals surface area contributed by atoms with Crippen molar-refractivity contribution >= 4 is 15.7 Å². The summed E-state index contributed by atoms with van der Waals surface area (Å²) >= 11 is 0. The summed E-state index contributed by atoms with van der Waals surface area (Å²) in [6.07, 6.45) is -3.84. The molecule has 10 heteroatoms. The maximum atomic E-state index is 12.9. The number of carbonyl (C=O) groups excluding carboxylic acids is 1. The van der Waals surface area contributed by atoms with Crippen LogP contribution in [0.2, 0.25) is 0 Å². The monoisotopic (exact) mass is 442 g/mol. The Bertz CT molecular complexity index is 1040. The second-order valence-electron chi connectivity index (χ2n) is 7.63. The first-order valence-electron chi connectivity index (χ1n) is 9.64. The van der Waals surface area contributed by atoms with Crippen LogP contribution in [-0.4, -0.2) is 67.9 Å². The van der Waals surface area contributed by atoms with Gasteiger partial charge in [-0.05, 0) is 30.7 Å². The molecule has 4 rings (SSSR count). The van der Waals surface area contributed by atoms with E-state index in [0.717, 1.165) is 12.1 Å². The SMILES string of the molecule is O=C(c1ccc(-c2cccc(C(F)(F)F)c2)o1)N1CCN(C2CCS(=O)(=O)C2)CC1. The highest BCUT2D eigenvalue weighted by Gasteiger charge is 2.35. The van der Waals surface area contributed by atoms with Crippen molar-refractivity contribution in [2.24, 2.45) is 0 Å². The molecule has 2 aliphatic heterocycles. The van der Waals surface area contributed by atoms with Gasteiger partial charge in [0, 0.05) is 37.8 Å².